The van der Waals surface area contributed by atoms with E-state index in [1.807, 2.05) is 85.8 Å². The summed E-state index contributed by atoms with van der Waals surface area (Å²) < 4.78 is 32.2. The molecule has 0 saturated carbocycles. The molecule has 6 rings (SSSR count). The minimum absolute atomic E-state index is 0.114. The van der Waals surface area contributed by atoms with E-state index in [2.05, 4.69) is 41.4 Å². The van der Waals surface area contributed by atoms with E-state index in [9.17, 15) is 9.18 Å². The smallest absolute Gasteiger partial charge is 0.274 e. The van der Waals surface area contributed by atoms with Crippen LogP contribution in [0.15, 0.2) is 95.5 Å². The van der Waals surface area contributed by atoms with Crippen LogP contribution in [-0.4, -0.2) is 42.3 Å². The topological polar surface area (TPSA) is 76.8 Å². The monoisotopic (exact) mass is 647 g/mol. The molecule has 48 heavy (non-hydrogen) atoms. The van der Waals surface area contributed by atoms with Crippen molar-refractivity contribution in [2.75, 3.05) is 26.3 Å². The van der Waals surface area contributed by atoms with Gasteiger partial charge >= 0.3 is 0 Å². The molecule has 4 aromatic carbocycles. The molecule has 1 aliphatic heterocycles. The zero-order chi connectivity index (χ0) is 33.5. The van der Waals surface area contributed by atoms with Crippen molar-refractivity contribution in [2.24, 2.45) is 0 Å². The fourth-order valence-corrected chi connectivity index (χ4v) is 6.14. The molecule has 7 nitrogen and oxygen atoms in total. The maximum atomic E-state index is 13.4. The molecule has 5 aromatic rings. The molecule has 248 valence electrons. The summed E-state index contributed by atoms with van der Waals surface area (Å²) in [5.74, 6) is 1.53. The molecule has 0 radical (unpaired) electrons. The van der Waals surface area contributed by atoms with Gasteiger partial charge in [0.1, 0.15) is 31.4 Å². The molecular weight excluding hydrogens is 605 g/mol. The van der Waals surface area contributed by atoms with Crippen LogP contribution in [0, 0.1) is 0 Å². The van der Waals surface area contributed by atoms with Crippen molar-refractivity contribution in [1.82, 2.24) is 15.4 Å². The second-order valence-electron chi connectivity index (χ2n) is 12.4. The minimum Gasteiger partial charge on any atom is -0.488 e. The van der Waals surface area contributed by atoms with Gasteiger partial charge in [-0.05, 0) is 58.7 Å². The van der Waals surface area contributed by atoms with E-state index in [0.717, 1.165) is 46.5 Å². The van der Waals surface area contributed by atoms with Crippen molar-refractivity contribution < 1.29 is 23.2 Å². The van der Waals surface area contributed by atoms with Crippen LogP contribution in [0.25, 0.3) is 22.5 Å². The summed E-state index contributed by atoms with van der Waals surface area (Å²) in [5, 5.41) is 7.24. The fourth-order valence-electron chi connectivity index (χ4n) is 6.14. The van der Waals surface area contributed by atoms with E-state index in [1.165, 1.54) is 5.56 Å². The lowest BCUT2D eigenvalue weighted by atomic mass is 9.91. The third-order valence-electron chi connectivity index (χ3n) is 8.68. The average Bonchev–Trinajstić information content (AvgIpc) is 3.56. The lowest BCUT2D eigenvalue weighted by Gasteiger charge is -2.28. The van der Waals surface area contributed by atoms with Gasteiger partial charge in [0.15, 0.2) is 11.5 Å². The molecule has 8 heteroatoms. The Morgan fingerprint density at radius 2 is 1.60 bits per heavy atom. The number of nitrogens with one attached hydrogen (secondary N) is 1. The highest BCUT2D eigenvalue weighted by molar-refractivity contribution is 6.02. The SMILES string of the molecule is CCNC(=O)c1noc(-c2cc(C(C)C)c(OCc3ccccc3)cc2OCc2ccccc2)c1-c1ccc2c(c1)CCN(CCF)C2. The van der Waals surface area contributed by atoms with E-state index in [0.29, 0.717) is 55.5 Å². The molecule has 0 unspecified atom stereocenters. The fraction of sp³-hybridized carbons (Fsp3) is 0.300. The number of benzene rings is 4. The molecular formula is C40H42FN3O4. The minimum atomic E-state index is -0.365. The number of hydrogen-bond acceptors (Lipinski definition) is 6. The number of carbonyl (C=O) groups excluding carboxylic acids is 1. The summed E-state index contributed by atoms with van der Waals surface area (Å²) in [6.45, 7) is 8.83. The number of rotatable bonds is 13. The predicted molar refractivity (Wildman–Crippen MR) is 186 cm³/mol. The Kier molecular flexibility index (Phi) is 10.5. The number of ether oxygens (including phenoxy) is 2. The van der Waals surface area contributed by atoms with Gasteiger partial charge in [0, 0.05) is 32.2 Å². The first-order chi connectivity index (χ1) is 23.4. The molecule has 1 aliphatic rings. The van der Waals surface area contributed by atoms with Gasteiger partial charge in [-0.25, -0.2) is 4.39 Å². The van der Waals surface area contributed by atoms with Crippen LogP contribution in [0.2, 0.25) is 0 Å². The molecule has 2 heterocycles. The number of nitrogens with zero attached hydrogens (tertiary/aromatic N) is 2. The first kappa shape index (κ1) is 33.0. The Morgan fingerprint density at radius 3 is 2.25 bits per heavy atom. The second-order valence-corrected chi connectivity index (χ2v) is 12.4. The number of fused-ring (bicyclic) bond motifs is 1. The van der Waals surface area contributed by atoms with Gasteiger partial charge in [-0.15, -0.1) is 0 Å². The van der Waals surface area contributed by atoms with Crippen LogP contribution in [0.5, 0.6) is 11.5 Å². The van der Waals surface area contributed by atoms with Crippen molar-refractivity contribution in [3.8, 4) is 33.9 Å². The summed E-state index contributed by atoms with van der Waals surface area (Å²) in [6, 6.07) is 30.2. The van der Waals surface area contributed by atoms with Crippen LogP contribution < -0.4 is 14.8 Å². The summed E-state index contributed by atoms with van der Waals surface area (Å²) in [5.41, 5.74) is 7.72. The van der Waals surface area contributed by atoms with Gasteiger partial charge in [0.2, 0.25) is 0 Å². The number of aromatic nitrogens is 1. The number of hydrogen-bond donors (Lipinski definition) is 1. The normalized spacial score (nSPS) is 12.9. The number of alkyl halides is 1. The van der Waals surface area contributed by atoms with Crippen molar-refractivity contribution in [3.63, 3.8) is 0 Å². The molecule has 0 bridgehead atoms. The Hall–Kier alpha value is -4.95. The molecule has 0 aliphatic carbocycles. The van der Waals surface area contributed by atoms with E-state index in [1.54, 1.807) is 0 Å². The quantitative estimate of drug-likeness (QED) is 0.138. The summed E-state index contributed by atoms with van der Waals surface area (Å²) >= 11 is 0. The Balaban J connectivity index is 1.47. The maximum absolute atomic E-state index is 13.4. The third kappa shape index (κ3) is 7.44. The summed E-state index contributed by atoms with van der Waals surface area (Å²) in [4.78, 5) is 15.5. The Bertz CT molecular complexity index is 1840. The van der Waals surface area contributed by atoms with E-state index >= 15 is 0 Å². The van der Waals surface area contributed by atoms with E-state index in [-0.39, 0.29) is 24.2 Å². The van der Waals surface area contributed by atoms with E-state index in [4.69, 9.17) is 14.0 Å². The van der Waals surface area contributed by atoms with Gasteiger partial charge < -0.3 is 19.3 Å². The van der Waals surface area contributed by atoms with Crippen LogP contribution in [0.4, 0.5) is 4.39 Å². The highest BCUT2D eigenvalue weighted by Crippen LogP contribution is 2.45. The van der Waals surface area contributed by atoms with Crippen LogP contribution in [0.1, 0.15) is 65.0 Å². The molecule has 1 aromatic heterocycles. The molecule has 0 fully saturated rings. The van der Waals surface area contributed by atoms with Gasteiger partial charge in [-0.3, -0.25) is 9.69 Å². The van der Waals surface area contributed by atoms with Gasteiger partial charge in [0.25, 0.3) is 5.91 Å². The number of halogens is 1. The van der Waals surface area contributed by atoms with Crippen LogP contribution in [-0.2, 0) is 26.2 Å². The molecule has 1 amide bonds. The van der Waals surface area contributed by atoms with Gasteiger partial charge in [0.05, 0.1) is 11.1 Å². The van der Waals surface area contributed by atoms with Crippen molar-refractivity contribution in [1.29, 1.82) is 0 Å². The predicted octanol–water partition coefficient (Wildman–Crippen LogP) is 8.37. The van der Waals surface area contributed by atoms with Crippen molar-refractivity contribution in [2.45, 2.75) is 52.9 Å². The van der Waals surface area contributed by atoms with Crippen molar-refractivity contribution in [3.05, 3.63) is 125 Å². The van der Waals surface area contributed by atoms with Crippen molar-refractivity contribution >= 4 is 5.91 Å². The number of amides is 1. The standard InChI is InChI=1S/C40H42FN3O4/c1-4-42-40(45)38-37(31-15-16-32-24-44(20-18-41)19-17-30(32)21-31)39(48-43-38)34-22-33(27(2)3)35(46-25-28-11-7-5-8-12-28)23-36(34)47-26-29-13-9-6-10-14-29/h5-16,21-23,27H,4,17-20,24-26H2,1-3H3,(H,42,45). The molecule has 0 spiro atoms. The summed E-state index contributed by atoms with van der Waals surface area (Å²) in [6.07, 6.45) is 0.788. The molecule has 1 N–H and O–H groups in total. The van der Waals surface area contributed by atoms with Crippen LogP contribution >= 0.6 is 0 Å². The van der Waals surface area contributed by atoms with Gasteiger partial charge in [-0.1, -0.05) is 97.9 Å². The average molecular weight is 648 g/mol. The van der Waals surface area contributed by atoms with Crippen LogP contribution in [0.3, 0.4) is 0 Å². The Morgan fingerprint density at radius 1 is 0.917 bits per heavy atom. The summed E-state index contributed by atoms with van der Waals surface area (Å²) in [7, 11) is 0. The Labute approximate surface area is 281 Å². The lowest BCUT2D eigenvalue weighted by molar-refractivity contribution is 0.0947. The third-order valence-corrected chi connectivity index (χ3v) is 8.68. The number of carbonyl (C=O) groups is 1. The first-order valence-electron chi connectivity index (χ1n) is 16.6. The lowest BCUT2D eigenvalue weighted by Crippen LogP contribution is -2.32. The highest BCUT2D eigenvalue weighted by atomic mass is 19.1. The van der Waals surface area contributed by atoms with Gasteiger partial charge in [-0.2, -0.15) is 0 Å². The zero-order valence-electron chi connectivity index (χ0n) is 27.8. The highest BCUT2D eigenvalue weighted by Gasteiger charge is 2.29. The second kappa shape index (κ2) is 15.3. The molecule has 0 saturated heterocycles. The first-order valence-corrected chi connectivity index (χ1v) is 16.6. The van der Waals surface area contributed by atoms with E-state index < -0.39 is 0 Å². The largest absolute Gasteiger partial charge is 0.488 e. The molecule has 0 atom stereocenters. The zero-order valence-corrected chi connectivity index (χ0v) is 27.8. The maximum Gasteiger partial charge on any atom is 0.274 e.